The van der Waals surface area contributed by atoms with Crippen LogP contribution in [0.15, 0.2) is 0 Å². The Morgan fingerprint density at radius 1 is 0.941 bits per heavy atom. The standard InChI is InChI=1S/C14H26O3/c1-11(13-5-9-16-13)3-7-15-8-4-12(2)14-6-10-17-14/h11-14H,3-10H2,1-2H3. The van der Waals surface area contributed by atoms with Crippen molar-refractivity contribution in [1.82, 2.24) is 0 Å². The van der Waals surface area contributed by atoms with Crippen molar-refractivity contribution in [3.63, 3.8) is 0 Å². The summed E-state index contributed by atoms with van der Waals surface area (Å²) in [5.74, 6) is 1.30. The third-order valence-corrected chi connectivity index (χ3v) is 4.17. The first-order valence-electron chi connectivity index (χ1n) is 7.08. The van der Waals surface area contributed by atoms with Crippen molar-refractivity contribution < 1.29 is 14.2 Å². The summed E-state index contributed by atoms with van der Waals surface area (Å²) in [4.78, 5) is 0. The van der Waals surface area contributed by atoms with Gasteiger partial charge in [0.25, 0.3) is 0 Å². The van der Waals surface area contributed by atoms with E-state index in [4.69, 9.17) is 14.2 Å². The van der Waals surface area contributed by atoms with E-state index in [1.807, 2.05) is 0 Å². The first kappa shape index (κ1) is 13.3. The molecule has 0 aromatic rings. The Hall–Kier alpha value is -0.120. The van der Waals surface area contributed by atoms with Crippen LogP contribution in [0.3, 0.4) is 0 Å². The van der Waals surface area contributed by atoms with E-state index >= 15 is 0 Å². The van der Waals surface area contributed by atoms with Gasteiger partial charge in [0, 0.05) is 26.4 Å². The van der Waals surface area contributed by atoms with Gasteiger partial charge in [0.15, 0.2) is 0 Å². The molecule has 2 heterocycles. The van der Waals surface area contributed by atoms with E-state index in [0.29, 0.717) is 24.0 Å². The first-order chi connectivity index (χ1) is 8.27. The summed E-state index contributed by atoms with van der Waals surface area (Å²) in [7, 11) is 0. The van der Waals surface area contributed by atoms with E-state index < -0.39 is 0 Å². The Bertz CT molecular complexity index is 190. The summed E-state index contributed by atoms with van der Waals surface area (Å²) in [6.45, 7) is 8.18. The molecule has 2 fully saturated rings. The maximum absolute atomic E-state index is 5.70. The fourth-order valence-electron chi connectivity index (χ4n) is 2.42. The van der Waals surface area contributed by atoms with Gasteiger partial charge in [-0.15, -0.1) is 0 Å². The number of ether oxygens (including phenoxy) is 3. The lowest BCUT2D eigenvalue weighted by molar-refractivity contribution is -0.0910. The molecule has 0 N–H and O–H groups in total. The molecule has 0 aliphatic carbocycles. The lowest BCUT2D eigenvalue weighted by atomic mass is 9.95. The van der Waals surface area contributed by atoms with Gasteiger partial charge >= 0.3 is 0 Å². The minimum absolute atomic E-state index is 0.501. The summed E-state index contributed by atoms with van der Waals surface area (Å²) in [6, 6.07) is 0. The van der Waals surface area contributed by atoms with E-state index in [0.717, 1.165) is 39.3 Å². The average molecular weight is 242 g/mol. The summed E-state index contributed by atoms with van der Waals surface area (Å²) < 4.78 is 16.6. The molecule has 4 unspecified atom stereocenters. The largest absolute Gasteiger partial charge is 0.381 e. The summed E-state index contributed by atoms with van der Waals surface area (Å²) in [5.41, 5.74) is 0. The molecular formula is C14H26O3. The molecule has 0 aromatic heterocycles. The van der Waals surface area contributed by atoms with Gasteiger partial charge in [-0.2, -0.15) is 0 Å². The molecule has 4 atom stereocenters. The lowest BCUT2D eigenvalue weighted by Gasteiger charge is -2.32. The summed E-state index contributed by atoms with van der Waals surface area (Å²) in [6.07, 6.45) is 5.72. The van der Waals surface area contributed by atoms with E-state index in [1.54, 1.807) is 0 Å². The van der Waals surface area contributed by atoms with E-state index in [9.17, 15) is 0 Å². The molecule has 100 valence electrons. The molecule has 0 aromatic carbocycles. The summed E-state index contributed by atoms with van der Waals surface area (Å²) in [5, 5.41) is 0. The predicted octanol–water partition coefficient (Wildman–Crippen LogP) is 2.63. The Kier molecular flexibility index (Phi) is 5.26. The molecule has 0 spiro atoms. The highest BCUT2D eigenvalue weighted by Crippen LogP contribution is 2.24. The van der Waals surface area contributed by atoms with Crippen LogP contribution in [0.25, 0.3) is 0 Å². The van der Waals surface area contributed by atoms with Crippen LogP contribution in [-0.2, 0) is 14.2 Å². The highest BCUT2D eigenvalue weighted by atomic mass is 16.5. The van der Waals surface area contributed by atoms with Crippen molar-refractivity contribution in [3.05, 3.63) is 0 Å². The normalized spacial score (nSPS) is 31.4. The Balaban J connectivity index is 1.42. The average Bonchev–Trinajstić information content (AvgIpc) is 2.11. The van der Waals surface area contributed by atoms with Crippen molar-refractivity contribution in [2.24, 2.45) is 11.8 Å². The fourth-order valence-corrected chi connectivity index (χ4v) is 2.42. The van der Waals surface area contributed by atoms with Crippen molar-refractivity contribution in [2.75, 3.05) is 26.4 Å². The molecule has 0 saturated carbocycles. The van der Waals surface area contributed by atoms with E-state index in [-0.39, 0.29) is 0 Å². The van der Waals surface area contributed by atoms with Crippen LogP contribution in [0, 0.1) is 11.8 Å². The van der Waals surface area contributed by atoms with Gasteiger partial charge in [0.05, 0.1) is 12.2 Å². The molecule has 3 nitrogen and oxygen atoms in total. The van der Waals surface area contributed by atoms with E-state index in [2.05, 4.69) is 13.8 Å². The third kappa shape index (κ3) is 3.94. The van der Waals surface area contributed by atoms with Gasteiger partial charge in [0.2, 0.25) is 0 Å². The highest BCUT2D eigenvalue weighted by molar-refractivity contribution is 4.74. The van der Waals surface area contributed by atoms with Crippen molar-refractivity contribution in [1.29, 1.82) is 0 Å². The van der Waals surface area contributed by atoms with Crippen LogP contribution >= 0.6 is 0 Å². The van der Waals surface area contributed by atoms with Crippen LogP contribution in [0.2, 0.25) is 0 Å². The van der Waals surface area contributed by atoms with Crippen molar-refractivity contribution in [3.8, 4) is 0 Å². The molecule has 3 heteroatoms. The quantitative estimate of drug-likeness (QED) is 0.612. The Labute approximate surface area is 105 Å². The maximum atomic E-state index is 5.70. The lowest BCUT2D eigenvalue weighted by Crippen LogP contribution is -2.34. The van der Waals surface area contributed by atoms with Crippen LogP contribution in [0.5, 0.6) is 0 Å². The number of hydrogen-bond donors (Lipinski definition) is 0. The van der Waals surface area contributed by atoms with Gasteiger partial charge in [-0.05, 0) is 37.5 Å². The summed E-state index contributed by atoms with van der Waals surface area (Å²) >= 11 is 0. The molecular weight excluding hydrogens is 216 g/mol. The zero-order valence-corrected chi connectivity index (χ0v) is 11.2. The molecule has 2 aliphatic rings. The van der Waals surface area contributed by atoms with Crippen LogP contribution in [0.1, 0.15) is 39.5 Å². The molecule has 0 bridgehead atoms. The highest BCUT2D eigenvalue weighted by Gasteiger charge is 2.25. The predicted molar refractivity (Wildman–Crippen MR) is 67.1 cm³/mol. The maximum Gasteiger partial charge on any atom is 0.0623 e. The van der Waals surface area contributed by atoms with Gasteiger partial charge in [-0.3, -0.25) is 0 Å². The monoisotopic (exact) mass is 242 g/mol. The van der Waals surface area contributed by atoms with Crippen molar-refractivity contribution in [2.45, 2.75) is 51.7 Å². The zero-order valence-electron chi connectivity index (χ0n) is 11.2. The van der Waals surface area contributed by atoms with Gasteiger partial charge in [0.1, 0.15) is 0 Å². The Morgan fingerprint density at radius 3 is 1.65 bits per heavy atom. The Morgan fingerprint density at radius 2 is 1.35 bits per heavy atom. The molecule has 0 radical (unpaired) electrons. The zero-order chi connectivity index (χ0) is 12.1. The second kappa shape index (κ2) is 6.72. The smallest absolute Gasteiger partial charge is 0.0623 e. The molecule has 2 aliphatic heterocycles. The first-order valence-corrected chi connectivity index (χ1v) is 7.08. The topological polar surface area (TPSA) is 27.7 Å². The van der Waals surface area contributed by atoms with Crippen LogP contribution in [0.4, 0.5) is 0 Å². The second-order valence-corrected chi connectivity index (χ2v) is 5.54. The van der Waals surface area contributed by atoms with E-state index in [1.165, 1.54) is 12.8 Å². The van der Waals surface area contributed by atoms with Crippen molar-refractivity contribution >= 4 is 0 Å². The molecule has 17 heavy (non-hydrogen) atoms. The van der Waals surface area contributed by atoms with Gasteiger partial charge < -0.3 is 14.2 Å². The second-order valence-electron chi connectivity index (χ2n) is 5.54. The van der Waals surface area contributed by atoms with Gasteiger partial charge in [-0.25, -0.2) is 0 Å². The van der Waals surface area contributed by atoms with Crippen LogP contribution < -0.4 is 0 Å². The molecule has 0 amide bonds. The van der Waals surface area contributed by atoms with Crippen LogP contribution in [-0.4, -0.2) is 38.6 Å². The minimum atomic E-state index is 0.501. The third-order valence-electron chi connectivity index (χ3n) is 4.17. The SMILES string of the molecule is CC(CCOCCC(C)C1CCO1)C1CCO1. The minimum Gasteiger partial charge on any atom is -0.381 e. The van der Waals surface area contributed by atoms with Gasteiger partial charge in [-0.1, -0.05) is 13.8 Å². The molecule has 2 saturated heterocycles. The fraction of sp³-hybridized carbons (Fsp3) is 1.00. The number of hydrogen-bond acceptors (Lipinski definition) is 3. The number of rotatable bonds is 8. The molecule has 2 rings (SSSR count).